The van der Waals surface area contributed by atoms with Gasteiger partial charge in [-0.2, -0.15) is 25.3 Å². The molecule has 0 bridgehead atoms. The van der Waals surface area contributed by atoms with E-state index in [-0.39, 0.29) is 0 Å². The SMILES string of the molecule is CCCCCCCCCCCCC(S)CCCS. The quantitative estimate of drug-likeness (QED) is 0.272. The van der Waals surface area contributed by atoms with Crippen molar-refractivity contribution in [3.8, 4) is 0 Å². The van der Waals surface area contributed by atoms with E-state index < -0.39 is 0 Å². The number of thiol groups is 2. The third kappa shape index (κ3) is 14.8. The van der Waals surface area contributed by atoms with Crippen molar-refractivity contribution in [2.45, 2.75) is 95.6 Å². The molecule has 1 unspecified atom stereocenters. The van der Waals surface area contributed by atoms with Gasteiger partial charge in [0.1, 0.15) is 0 Å². The highest BCUT2D eigenvalue weighted by Gasteiger charge is 2.01. The molecule has 0 aliphatic heterocycles. The number of unbranched alkanes of at least 4 members (excludes halogenated alkanes) is 9. The summed E-state index contributed by atoms with van der Waals surface area (Å²) in [5.41, 5.74) is 0. The minimum Gasteiger partial charge on any atom is -0.179 e. The molecular weight excluding hydrogens is 256 g/mol. The summed E-state index contributed by atoms with van der Waals surface area (Å²) in [6, 6.07) is 0. The van der Waals surface area contributed by atoms with Crippen LogP contribution in [0.3, 0.4) is 0 Å². The monoisotopic (exact) mass is 290 g/mol. The molecule has 0 rings (SSSR count). The van der Waals surface area contributed by atoms with Crippen molar-refractivity contribution in [2.24, 2.45) is 0 Å². The molecule has 0 spiro atoms. The number of hydrogen-bond donors (Lipinski definition) is 2. The van der Waals surface area contributed by atoms with Crippen LogP contribution < -0.4 is 0 Å². The Labute approximate surface area is 127 Å². The van der Waals surface area contributed by atoms with Crippen molar-refractivity contribution in [1.29, 1.82) is 0 Å². The largest absolute Gasteiger partial charge is 0.179 e. The van der Waals surface area contributed by atoms with Crippen LogP contribution in [0, 0.1) is 0 Å². The summed E-state index contributed by atoms with van der Waals surface area (Å²) in [5, 5.41) is 0.617. The van der Waals surface area contributed by atoms with Crippen molar-refractivity contribution in [3.63, 3.8) is 0 Å². The molecule has 110 valence electrons. The van der Waals surface area contributed by atoms with Crippen molar-refractivity contribution in [2.75, 3.05) is 5.75 Å². The highest BCUT2D eigenvalue weighted by Crippen LogP contribution is 2.16. The molecule has 0 saturated heterocycles. The molecule has 0 saturated carbocycles. The van der Waals surface area contributed by atoms with Crippen molar-refractivity contribution in [3.05, 3.63) is 0 Å². The average molecular weight is 291 g/mol. The maximum Gasteiger partial charge on any atom is 0.00171 e. The minimum absolute atomic E-state index is 0.617. The highest BCUT2D eigenvalue weighted by atomic mass is 32.1. The molecule has 0 aromatic rings. The lowest BCUT2D eigenvalue weighted by atomic mass is 10.0. The van der Waals surface area contributed by atoms with Gasteiger partial charge in [0.05, 0.1) is 0 Å². The van der Waals surface area contributed by atoms with E-state index in [0.29, 0.717) is 5.25 Å². The van der Waals surface area contributed by atoms with Gasteiger partial charge in [0.2, 0.25) is 0 Å². The fourth-order valence-corrected chi connectivity index (χ4v) is 2.89. The fourth-order valence-electron chi connectivity index (χ4n) is 2.34. The van der Waals surface area contributed by atoms with Gasteiger partial charge in [-0.15, -0.1) is 0 Å². The minimum atomic E-state index is 0.617. The Kier molecular flexibility index (Phi) is 16.4. The van der Waals surface area contributed by atoms with Crippen LogP contribution in [0.25, 0.3) is 0 Å². The van der Waals surface area contributed by atoms with Crippen molar-refractivity contribution >= 4 is 25.3 Å². The summed E-state index contributed by atoms with van der Waals surface area (Å²) in [7, 11) is 0. The Morgan fingerprint density at radius 2 is 1.11 bits per heavy atom. The number of rotatable bonds is 14. The maximum atomic E-state index is 4.62. The van der Waals surface area contributed by atoms with Gasteiger partial charge in [-0.1, -0.05) is 71.1 Å². The lowest BCUT2D eigenvalue weighted by molar-refractivity contribution is 0.542. The Morgan fingerprint density at radius 1 is 0.667 bits per heavy atom. The summed E-state index contributed by atoms with van der Waals surface area (Å²) < 4.78 is 0. The molecule has 0 radical (unpaired) electrons. The first kappa shape index (κ1) is 18.7. The van der Waals surface area contributed by atoms with Crippen LogP contribution in [0.15, 0.2) is 0 Å². The smallest absolute Gasteiger partial charge is 0.00171 e. The van der Waals surface area contributed by atoms with Gasteiger partial charge in [-0.25, -0.2) is 0 Å². The van der Waals surface area contributed by atoms with Crippen molar-refractivity contribution < 1.29 is 0 Å². The van der Waals surface area contributed by atoms with Gasteiger partial charge in [0.15, 0.2) is 0 Å². The third-order valence-electron chi connectivity index (χ3n) is 3.59. The van der Waals surface area contributed by atoms with E-state index in [9.17, 15) is 0 Å². The third-order valence-corrected chi connectivity index (χ3v) is 4.42. The molecule has 0 amide bonds. The maximum absolute atomic E-state index is 4.62. The Morgan fingerprint density at radius 3 is 1.61 bits per heavy atom. The predicted octanol–water partition coefficient (Wildman–Crippen LogP) is 6.31. The molecule has 0 heterocycles. The van der Waals surface area contributed by atoms with Gasteiger partial charge in [-0.3, -0.25) is 0 Å². The average Bonchev–Trinajstić information content (AvgIpc) is 2.38. The van der Waals surface area contributed by atoms with Gasteiger partial charge < -0.3 is 0 Å². The first-order valence-corrected chi connectivity index (χ1v) is 9.25. The van der Waals surface area contributed by atoms with Crippen LogP contribution in [-0.2, 0) is 0 Å². The van der Waals surface area contributed by atoms with E-state index in [4.69, 9.17) is 0 Å². The molecule has 0 N–H and O–H groups in total. The van der Waals surface area contributed by atoms with Crippen LogP contribution in [0.2, 0.25) is 0 Å². The summed E-state index contributed by atoms with van der Waals surface area (Å²) in [4.78, 5) is 0. The van der Waals surface area contributed by atoms with Gasteiger partial charge in [0, 0.05) is 5.25 Å². The molecular formula is C16H34S2. The van der Waals surface area contributed by atoms with Crippen LogP contribution >= 0.6 is 25.3 Å². The molecule has 0 aliphatic carbocycles. The highest BCUT2D eigenvalue weighted by molar-refractivity contribution is 7.81. The molecule has 0 fully saturated rings. The first-order valence-electron chi connectivity index (χ1n) is 8.10. The van der Waals surface area contributed by atoms with E-state index in [1.54, 1.807) is 0 Å². The number of hydrogen-bond acceptors (Lipinski definition) is 2. The summed E-state index contributed by atoms with van der Waals surface area (Å²) >= 11 is 8.86. The van der Waals surface area contributed by atoms with Gasteiger partial charge in [-0.05, 0) is 25.0 Å². The second-order valence-corrected chi connectivity index (χ2v) is 6.67. The van der Waals surface area contributed by atoms with Crippen LogP contribution in [-0.4, -0.2) is 11.0 Å². The Hall–Kier alpha value is 0.700. The lowest BCUT2D eigenvalue weighted by Gasteiger charge is -2.09. The predicted molar refractivity (Wildman–Crippen MR) is 92.3 cm³/mol. The van der Waals surface area contributed by atoms with E-state index in [1.165, 1.54) is 83.5 Å². The zero-order chi connectivity index (χ0) is 13.5. The molecule has 0 aliphatic rings. The van der Waals surface area contributed by atoms with E-state index in [0.717, 1.165) is 5.75 Å². The van der Waals surface area contributed by atoms with Crippen LogP contribution in [0.4, 0.5) is 0 Å². The second kappa shape index (κ2) is 15.8. The van der Waals surface area contributed by atoms with E-state index in [2.05, 4.69) is 32.2 Å². The summed E-state index contributed by atoms with van der Waals surface area (Å²) in [6.07, 6.45) is 18.0. The molecule has 18 heavy (non-hydrogen) atoms. The second-order valence-electron chi connectivity index (χ2n) is 5.49. The van der Waals surface area contributed by atoms with Gasteiger partial charge in [0.25, 0.3) is 0 Å². The molecule has 2 heteroatoms. The first-order chi connectivity index (χ1) is 8.81. The normalized spacial score (nSPS) is 12.8. The van der Waals surface area contributed by atoms with E-state index in [1.807, 2.05) is 0 Å². The molecule has 0 aromatic carbocycles. The fraction of sp³-hybridized carbons (Fsp3) is 1.00. The Balaban J connectivity index is 3.02. The molecule has 0 nitrogen and oxygen atoms in total. The molecule has 1 atom stereocenters. The van der Waals surface area contributed by atoms with Crippen molar-refractivity contribution in [1.82, 2.24) is 0 Å². The van der Waals surface area contributed by atoms with Crippen LogP contribution in [0.5, 0.6) is 0 Å². The zero-order valence-electron chi connectivity index (χ0n) is 12.4. The van der Waals surface area contributed by atoms with Crippen LogP contribution in [0.1, 0.15) is 90.4 Å². The molecule has 0 aromatic heterocycles. The topological polar surface area (TPSA) is 0 Å². The lowest BCUT2D eigenvalue weighted by Crippen LogP contribution is -1.98. The summed E-state index contributed by atoms with van der Waals surface area (Å²) in [5.74, 6) is 1.01. The standard InChI is InChI=1S/C16H34S2/c1-2-3-4-5-6-7-8-9-10-11-13-16(18)14-12-15-17/h16-18H,2-15H2,1H3. The van der Waals surface area contributed by atoms with Gasteiger partial charge >= 0.3 is 0 Å². The zero-order valence-corrected chi connectivity index (χ0v) is 14.2. The summed E-state index contributed by atoms with van der Waals surface area (Å²) in [6.45, 7) is 2.28. The Bertz CT molecular complexity index is 148. The van der Waals surface area contributed by atoms with E-state index >= 15 is 0 Å².